The van der Waals surface area contributed by atoms with Crippen LogP contribution in [-0.2, 0) is 9.84 Å². The number of halogens is 1. The van der Waals surface area contributed by atoms with E-state index in [2.05, 4.69) is 15.3 Å². The fourth-order valence-electron chi connectivity index (χ4n) is 3.79. The van der Waals surface area contributed by atoms with Crippen molar-refractivity contribution in [3.05, 3.63) is 29.7 Å². The van der Waals surface area contributed by atoms with Crippen LogP contribution in [0.1, 0.15) is 37.8 Å². The van der Waals surface area contributed by atoms with Gasteiger partial charge in [0.15, 0.2) is 0 Å². The van der Waals surface area contributed by atoms with Crippen LogP contribution < -0.4 is 5.32 Å². The highest BCUT2D eigenvalue weighted by Crippen LogP contribution is 2.32. The second-order valence-electron chi connectivity index (χ2n) is 7.54. The smallest absolute Gasteiger partial charge is 0.147 e. The Labute approximate surface area is 163 Å². The second kappa shape index (κ2) is 7.47. The Hall–Kier alpha value is -1.54. The van der Waals surface area contributed by atoms with E-state index < -0.39 is 9.84 Å². The van der Waals surface area contributed by atoms with Crippen LogP contribution in [0.4, 0.5) is 10.1 Å². The van der Waals surface area contributed by atoms with Crippen molar-refractivity contribution in [2.75, 3.05) is 23.1 Å². The average Bonchev–Trinajstić information content (AvgIpc) is 3.32. The molecular formula is C19H24FN3O2S2. The summed E-state index contributed by atoms with van der Waals surface area (Å²) in [6.07, 6.45) is 6.47. The molecule has 0 radical (unpaired) electrons. The maximum absolute atomic E-state index is 14.1. The molecule has 0 saturated heterocycles. The Morgan fingerprint density at radius 1 is 1.30 bits per heavy atom. The molecule has 1 aromatic heterocycles. The van der Waals surface area contributed by atoms with Crippen molar-refractivity contribution in [3.8, 4) is 0 Å². The molecule has 1 aromatic carbocycles. The number of aliphatic imine (C=N–C) groups is 1. The Morgan fingerprint density at radius 3 is 2.81 bits per heavy atom. The van der Waals surface area contributed by atoms with E-state index in [1.54, 1.807) is 17.8 Å². The topological polar surface area (TPSA) is 74.3 Å². The third-order valence-corrected chi connectivity index (χ3v) is 7.30. The van der Waals surface area contributed by atoms with Gasteiger partial charge in [-0.25, -0.2) is 12.8 Å². The standard InChI is InChI=1S/C19H24FN3O2S2/c1-27(24,25)7-6-15-11-26-19(22-15)17-9-12-8-13(20)10-16(18(12)23-17)21-14-4-2-3-5-14/h8-10,14-15,21,23H,2-7,11H2,1H3. The average molecular weight is 410 g/mol. The molecule has 1 unspecified atom stereocenters. The molecule has 1 aliphatic heterocycles. The first kappa shape index (κ1) is 18.8. The third kappa shape index (κ3) is 4.48. The van der Waals surface area contributed by atoms with Gasteiger partial charge < -0.3 is 10.3 Å². The van der Waals surface area contributed by atoms with Crippen molar-refractivity contribution >= 4 is 43.2 Å². The zero-order valence-electron chi connectivity index (χ0n) is 15.3. The minimum atomic E-state index is -2.97. The van der Waals surface area contributed by atoms with Crippen molar-refractivity contribution < 1.29 is 12.8 Å². The molecule has 2 aliphatic rings. The van der Waals surface area contributed by atoms with Gasteiger partial charge in [-0.05, 0) is 37.5 Å². The number of benzene rings is 1. The molecule has 0 bridgehead atoms. The lowest BCUT2D eigenvalue weighted by molar-refractivity contribution is 0.594. The number of aromatic nitrogens is 1. The van der Waals surface area contributed by atoms with Crippen LogP contribution >= 0.6 is 11.8 Å². The summed E-state index contributed by atoms with van der Waals surface area (Å²) in [7, 11) is -2.97. The maximum atomic E-state index is 14.1. The number of nitrogens with zero attached hydrogens (tertiary/aromatic N) is 1. The molecule has 1 saturated carbocycles. The molecule has 2 aromatic rings. The van der Waals surface area contributed by atoms with E-state index in [1.165, 1.54) is 25.2 Å². The molecule has 2 N–H and O–H groups in total. The highest BCUT2D eigenvalue weighted by atomic mass is 32.2. The molecule has 0 spiro atoms. The number of hydrogen-bond donors (Lipinski definition) is 2. The molecule has 0 amide bonds. The third-order valence-electron chi connectivity index (χ3n) is 5.17. The van der Waals surface area contributed by atoms with E-state index in [9.17, 15) is 12.8 Å². The predicted molar refractivity (Wildman–Crippen MR) is 111 cm³/mol. The van der Waals surface area contributed by atoms with Gasteiger partial charge in [0.1, 0.15) is 20.7 Å². The van der Waals surface area contributed by atoms with Crippen LogP contribution in [0.15, 0.2) is 23.2 Å². The van der Waals surface area contributed by atoms with Crippen LogP contribution in [0.3, 0.4) is 0 Å². The Morgan fingerprint density at radius 2 is 2.07 bits per heavy atom. The maximum Gasteiger partial charge on any atom is 0.147 e. The van der Waals surface area contributed by atoms with Gasteiger partial charge in [-0.15, -0.1) is 11.8 Å². The fourth-order valence-corrected chi connectivity index (χ4v) is 5.57. The quantitative estimate of drug-likeness (QED) is 0.757. The summed E-state index contributed by atoms with van der Waals surface area (Å²) in [6.45, 7) is 0. The highest BCUT2D eigenvalue weighted by Gasteiger charge is 2.23. The van der Waals surface area contributed by atoms with Gasteiger partial charge in [-0.1, -0.05) is 12.8 Å². The number of thioether (sulfide) groups is 1. The molecule has 27 heavy (non-hydrogen) atoms. The Bertz CT molecular complexity index is 978. The molecular weight excluding hydrogens is 385 g/mol. The summed E-state index contributed by atoms with van der Waals surface area (Å²) < 4.78 is 36.8. The first-order chi connectivity index (χ1) is 12.9. The number of sulfone groups is 1. The molecule has 146 valence electrons. The summed E-state index contributed by atoms with van der Waals surface area (Å²) in [6, 6.07) is 5.44. The van der Waals surface area contributed by atoms with E-state index in [-0.39, 0.29) is 17.6 Å². The van der Waals surface area contributed by atoms with Gasteiger partial charge in [-0.3, -0.25) is 4.99 Å². The number of anilines is 1. The van der Waals surface area contributed by atoms with E-state index in [0.29, 0.717) is 12.5 Å². The number of rotatable bonds is 6. The summed E-state index contributed by atoms with van der Waals surface area (Å²) in [5, 5.41) is 5.19. The number of H-pyrrole nitrogens is 1. The first-order valence-electron chi connectivity index (χ1n) is 9.35. The molecule has 8 heteroatoms. The predicted octanol–water partition coefficient (Wildman–Crippen LogP) is 3.96. The minimum Gasteiger partial charge on any atom is -0.381 e. The Kier molecular flexibility index (Phi) is 5.20. The molecule has 1 atom stereocenters. The van der Waals surface area contributed by atoms with Gasteiger partial charge >= 0.3 is 0 Å². The summed E-state index contributed by atoms with van der Waals surface area (Å²) >= 11 is 1.62. The van der Waals surface area contributed by atoms with Gasteiger partial charge in [-0.2, -0.15) is 0 Å². The fraction of sp³-hybridized carbons (Fsp3) is 0.526. The number of fused-ring (bicyclic) bond motifs is 1. The van der Waals surface area contributed by atoms with Gasteiger partial charge in [0.05, 0.1) is 28.7 Å². The lowest BCUT2D eigenvalue weighted by Crippen LogP contribution is -2.14. The van der Waals surface area contributed by atoms with Crippen LogP contribution in [-0.4, -0.2) is 48.3 Å². The lowest BCUT2D eigenvalue weighted by atomic mass is 10.2. The zero-order chi connectivity index (χ0) is 19.0. The van der Waals surface area contributed by atoms with Gasteiger partial charge in [0, 0.05) is 23.4 Å². The van der Waals surface area contributed by atoms with Crippen LogP contribution in [0.2, 0.25) is 0 Å². The summed E-state index contributed by atoms with van der Waals surface area (Å²) in [5.41, 5.74) is 2.58. The molecule has 5 nitrogen and oxygen atoms in total. The zero-order valence-corrected chi connectivity index (χ0v) is 16.9. The molecule has 2 heterocycles. The molecule has 1 aliphatic carbocycles. The highest BCUT2D eigenvalue weighted by molar-refractivity contribution is 8.14. The second-order valence-corrected chi connectivity index (χ2v) is 10.8. The van der Waals surface area contributed by atoms with E-state index >= 15 is 0 Å². The van der Waals surface area contributed by atoms with Crippen molar-refractivity contribution in [2.45, 2.75) is 44.2 Å². The van der Waals surface area contributed by atoms with Gasteiger partial charge in [0.25, 0.3) is 0 Å². The van der Waals surface area contributed by atoms with Gasteiger partial charge in [0.2, 0.25) is 0 Å². The molecule has 4 rings (SSSR count). The van der Waals surface area contributed by atoms with Crippen molar-refractivity contribution in [3.63, 3.8) is 0 Å². The van der Waals surface area contributed by atoms with E-state index in [1.807, 2.05) is 6.07 Å². The monoisotopic (exact) mass is 409 g/mol. The number of nitrogens with one attached hydrogen (secondary N) is 2. The lowest BCUT2D eigenvalue weighted by Gasteiger charge is -2.14. The van der Waals surface area contributed by atoms with Crippen molar-refractivity contribution in [1.29, 1.82) is 0 Å². The number of hydrogen-bond acceptors (Lipinski definition) is 5. The van der Waals surface area contributed by atoms with E-state index in [4.69, 9.17) is 0 Å². The largest absolute Gasteiger partial charge is 0.381 e. The van der Waals surface area contributed by atoms with E-state index in [0.717, 1.165) is 45.9 Å². The summed E-state index contributed by atoms with van der Waals surface area (Å²) in [5.74, 6) is 0.685. The summed E-state index contributed by atoms with van der Waals surface area (Å²) in [4.78, 5) is 8.08. The normalized spacial score (nSPS) is 21.1. The Balaban J connectivity index is 1.58. The van der Waals surface area contributed by atoms with Crippen LogP contribution in [0, 0.1) is 5.82 Å². The first-order valence-corrected chi connectivity index (χ1v) is 12.4. The van der Waals surface area contributed by atoms with Crippen molar-refractivity contribution in [2.24, 2.45) is 4.99 Å². The molecule has 1 fully saturated rings. The van der Waals surface area contributed by atoms with Crippen LogP contribution in [0.5, 0.6) is 0 Å². The number of aromatic amines is 1. The van der Waals surface area contributed by atoms with Crippen LogP contribution in [0.25, 0.3) is 10.9 Å². The minimum absolute atomic E-state index is 0.0129. The van der Waals surface area contributed by atoms with Crippen molar-refractivity contribution in [1.82, 2.24) is 4.98 Å². The SMILES string of the molecule is CS(=O)(=O)CCC1CSC(c2cc3cc(F)cc(NC4CCCC4)c3[nH]2)=N1.